The number of hydrogen-bond donors (Lipinski definition) is 1. The Morgan fingerprint density at radius 3 is 2.64 bits per heavy atom. The van der Waals surface area contributed by atoms with Crippen LogP contribution in [-0.4, -0.2) is 72.2 Å². The highest BCUT2D eigenvalue weighted by Gasteiger charge is 2.36. The number of hydrogen-bond acceptors (Lipinski definition) is 4. The normalized spacial score (nSPS) is 24.5. The molecule has 25 heavy (non-hydrogen) atoms. The Kier molecular flexibility index (Phi) is 6.04. The average Bonchev–Trinajstić information content (AvgIpc) is 2.64. The Labute approximate surface area is 149 Å². The Hall–Kier alpha value is -1.50. The molecule has 3 rings (SSSR count). The van der Waals surface area contributed by atoms with Gasteiger partial charge < -0.3 is 10.0 Å². The van der Waals surface area contributed by atoms with Crippen LogP contribution in [0.25, 0.3) is 0 Å². The van der Waals surface area contributed by atoms with Crippen LogP contribution in [0.1, 0.15) is 26.2 Å². The van der Waals surface area contributed by atoms with E-state index in [9.17, 15) is 14.3 Å². The van der Waals surface area contributed by atoms with E-state index in [0.29, 0.717) is 12.2 Å². The highest BCUT2D eigenvalue weighted by atomic mass is 19.1. The van der Waals surface area contributed by atoms with Gasteiger partial charge in [0.1, 0.15) is 5.82 Å². The lowest BCUT2D eigenvalue weighted by Gasteiger charge is -2.44. The topological polar surface area (TPSA) is 47.0 Å². The van der Waals surface area contributed by atoms with Crippen molar-refractivity contribution >= 4 is 11.6 Å². The fourth-order valence-corrected chi connectivity index (χ4v) is 4.01. The van der Waals surface area contributed by atoms with Crippen molar-refractivity contribution in [2.24, 2.45) is 0 Å². The van der Waals surface area contributed by atoms with Gasteiger partial charge in [-0.1, -0.05) is 13.0 Å². The average molecular weight is 349 g/mol. The third-order valence-electron chi connectivity index (χ3n) is 5.52. The van der Waals surface area contributed by atoms with Gasteiger partial charge in [0.25, 0.3) is 0 Å². The molecule has 2 atom stereocenters. The van der Waals surface area contributed by atoms with Crippen molar-refractivity contribution in [3.63, 3.8) is 0 Å². The van der Waals surface area contributed by atoms with Crippen molar-refractivity contribution in [3.05, 3.63) is 30.1 Å². The zero-order chi connectivity index (χ0) is 17.8. The second-order valence-electron chi connectivity index (χ2n) is 6.94. The number of aliphatic hydroxyl groups excluding tert-OH is 1. The Balaban J connectivity index is 1.64. The first kappa shape index (κ1) is 18.3. The van der Waals surface area contributed by atoms with Crippen LogP contribution in [0.15, 0.2) is 24.3 Å². The summed E-state index contributed by atoms with van der Waals surface area (Å²) in [6.45, 7) is 6.36. The summed E-state index contributed by atoms with van der Waals surface area (Å²) in [5.41, 5.74) is 0.652. The van der Waals surface area contributed by atoms with Crippen molar-refractivity contribution in [1.29, 1.82) is 0 Å². The summed E-state index contributed by atoms with van der Waals surface area (Å²) in [5.74, 6) is -0.227. The maximum Gasteiger partial charge on any atom is 0.244 e. The molecule has 0 bridgehead atoms. The van der Waals surface area contributed by atoms with Gasteiger partial charge in [-0.05, 0) is 37.5 Å². The standard InChI is InChI=1S/C19H28FN3O2/c1-2-16(14-24)21-9-11-22(12-10-21)18-7-4-8-23(19(18)25)17-6-3-5-15(20)13-17/h3,5-6,13,16,18,24H,2,4,7-12,14H2,1H3. The summed E-state index contributed by atoms with van der Waals surface area (Å²) in [7, 11) is 0. The van der Waals surface area contributed by atoms with Crippen LogP contribution < -0.4 is 4.90 Å². The molecule has 1 aromatic carbocycles. The molecule has 2 aliphatic heterocycles. The third kappa shape index (κ3) is 4.02. The summed E-state index contributed by atoms with van der Waals surface area (Å²) in [4.78, 5) is 19.3. The summed E-state index contributed by atoms with van der Waals surface area (Å²) < 4.78 is 13.5. The monoisotopic (exact) mass is 349 g/mol. The van der Waals surface area contributed by atoms with Gasteiger partial charge in [-0.2, -0.15) is 0 Å². The maximum atomic E-state index is 13.5. The minimum Gasteiger partial charge on any atom is -0.395 e. The predicted molar refractivity (Wildman–Crippen MR) is 96.1 cm³/mol. The van der Waals surface area contributed by atoms with Gasteiger partial charge >= 0.3 is 0 Å². The molecule has 138 valence electrons. The molecular weight excluding hydrogens is 321 g/mol. The minimum atomic E-state index is -0.310. The summed E-state index contributed by atoms with van der Waals surface area (Å²) in [5, 5.41) is 9.47. The van der Waals surface area contributed by atoms with E-state index >= 15 is 0 Å². The van der Waals surface area contributed by atoms with Gasteiger partial charge in [-0.25, -0.2) is 4.39 Å². The van der Waals surface area contributed by atoms with Crippen LogP contribution in [0.2, 0.25) is 0 Å². The SMILES string of the molecule is CCC(CO)N1CCN(C2CCCN(c3cccc(F)c3)C2=O)CC1. The smallest absolute Gasteiger partial charge is 0.244 e. The Morgan fingerprint density at radius 1 is 1.24 bits per heavy atom. The largest absolute Gasteiger partial charge is 0.395 e. The molecule has 2 aliphatic rings. The molecule has 1 N–H and O–H groups in total. The molecule has 0 spiro atoms. The number of anilines is 1. The van der Waals surface area contributed by atoms with E-state index in [1.165, 1.54) is 12.1 Å². The number of benzene rings is 1. The molecule has 0 saturated carbocycles. The number of amides is 1. The lowest BCUT2D eigenvalue weighted by atomic mass is 10.0. The van der Waals surface area contributed by atoms with E-state index < -0.39 is 0 Å². The third-order valence-corrected chi connectivity index (χ3v) is 5.52. The predicted octanol–water partition coefficient (Wildman–Crippen LogP) is 1.71. The molecule has 0 aliphatic carbocycles. The van der Waals surface area contributed by atoms with Crippen molar-refractivity contribution in [1.82, 2.24) is 9.80 Å². The molecular formula is C19H28FN3O2. The summed E-state index contributed by atoms with van der Waals surface area (Å²) in [6, 6.07) is 6.39. The van der Waals surface area contributed by atoms with Crippen LogP contribution in [-0.2, 0) is 4.79 Å². The number of halogens is 1. The number of carbonyl (C=O) groups excluding carboxylic acids is 1. The molecule has 1 aromatic rings. The summed E-state index contributed by atoms with van der Waals surface area (Å²) >= 11 is 0. The van der Waals surface area contributed by atoms with Crippen molar-refractivity contribution in [3.8, 4) is 0 Å². The fourth-order valence-electron chi connectivity index (χ4n) is 4.01. The number of piperazine rings is 1. The first-order valence-electron chi connectivity index (χ1n) is 9.30. The highest BCUT2D eigenvalue weighted by molar-refractivity contribution is 5.97. The number of piperidine rings is 1. The van der Waals surface area contributed by atoms with Crippen LogP contribution in [0, 0.1) is 5.82 Å². The Bertz CT molecular complexity index is 586. The second kappa shape index (κ2) is 8.25. The number of carbonyl (C=O) groups is 1. The Morgan fingerprint density at radius 2 is 2.00 bits per heavy atom. The number of nitrogens with zero attached hydrogens (tertiary/aromatic N) is 3. The van der Waals surface area contributed by atoms with E-state index in [2.05, 4.69) is 16.7 Å². The quantitative estimate of drug-likeness (QED) is 0.879. The zero-order valence-electron chi connectivity index (χ0n) is 14.9. The molecule has 6 heteroatoms. The molecule has 1 amide bonds. The lowest BCUT2D eigenvalue weighted by Crippen LogP contribution is -2.59. The molecule has 2 saturated heterocycles. The van der Waals surface area contributed by atoms with Gasteiger partial charge in [0.15, 0.2) is 0 Å². The first-order valence-corrected chi connectivity index (χ1v) is 9.30. The van der Waals surface area contributed by atoms with Crippen molar-refractivity contribution in [2.45, 2.75) is 38.3 Å². The van der Waals surface area contributed by atoms with E-state index in [0.717, 1.165) is 45.4 Å². The molecule has 0 radical (unpaired) electrons. The summed E-state index contributed by atoms with van der Waals surface area (Å²) in [6.07, 6.45) is 2.73. The molecule has 5 nitrogen and oxygen atoms in total. The second-order valence-corrected chi connectivity index (χ2v) is 6.94. The number of aliphatic hydroxyl groups is 1. The zero-order valence-corrected chi connectivity index (χ0v) is 14.9. The maximum absolute atomic E-state index is 13.5. The van der Waals surface area contributed by atoms with Crippen molar-refractivity contribution < 1.29 is 14.3 Å². The number of rotatable bonds is 5. The van der Waals surface area contributed by atoms with Crippen LogP contribution in [0.5, 0.6) is 0 Å². The van der Waals surface area contributed by atoms with Crippen LogP contribution in [0.4, 0.5) is 10.1 Å². The van der Waals surface area contributed by atoms with E-state index in [4.69, 9.17) is 0 Å². The molecule has 2 fully saturated rings. The first-order chi connectivity index (χ1) is 12.1. The lowest BCUT2D eigenvalue weighted by molar-refractivity contribution is -0.126. The molecule has 2 unspecified atom stereocenters. The van der Waals surface area contributed by atoms with Gasteiger partial charge in [0.05, 0.1) is 12.6 Å². The van der Waals surface area contributed by atoms with E-state index in [1.807, 2.05) is 0 Å². The van der Waals surface area contributed by atoms with Gasteiger partial charge in [-0.3, -0.25) is 14.6 Å². The van der Waals surface area contributed by atoms with Crippen LogP contribution in [0.3, 0.4) is 0 Å². The van der Waals surface area contributed by atoms with E-state index in [-0.39, 0.29) is 30.4 Å². The van der Waals surface area contributed by atoms with Gasteiger partial charge in [0, 0.05) is 44.5 Å². The van der Waals surface area contributed by atoms with Gasteiger partial charge in [0.2, 0.25) is 5.91 Å². The fraction of sp³-hybridized carbons (Fsp3) is 0.632. The van der Waals surface area contributed by atoms with Gasteiger partial charge in [-0.15, -0.1) is 0 Å². The van der Waals surface area contributed by atoms with Crippen molar-refractivity contribution in [2.75, 3.05) is 44.2 Å². The highest BCUT2D eigenvalue weighted by Crippen LogP contribution is 2.25. The van der Waals surface area contributed by atoms with Crippen LogP contribution >= 0.6 is 0 Å². The molecule has 2 heterocycles. The molecule has 0 aromatic heterocycles. The minimum absolute atomic E-state index is 0.0829. The van der Waals surface area contributed by atoms with E-state index in [1.54, 1.807) is 17.0 Å².